The van der Waals surface area contributed by atoms with Crippen molar-refractivity contribution in [1.29, 1.82) is 0 Å². The predicted molar refractivity (Wildman–Crippen MR) is 104 cm³/mol. The number of carbonyl (C=O) groups is 1. The van der Waals surface area contributed by atoms with E-state index in [0.717, 1.165) is 29.0 Å². The van der Waals surface area contributed by atoms with E-state index in [1.807, 2.05) is 62.4 Å². The summed E-state index contributed by atoms with van der Waals surface area (Å²) in [5.74, 6) is 1.68. The third-order valence-corrected chi connectivity index (χ3v) is 3.60. The van der Waals surface area contributed by atoms with Gasteiger partial charge in [0.25, 0.3) is 0 Å². The maximum Gasteiger partial charge on any atom is 0.315 e. The van der Waals surface area contributed by atoms with Crippen LogP contribution in [0.15, 0.2) is 48.5 Å². The lowest BCUT2D eigenvalue weighted by atomic mass is 10.2. The zero-order valence-corrected chi connectivity index (χ0v) is 15.7. The molecule has 0 aromatic heterocycles. The molecular weight excluding hydrogens is 328 g/mol. The second-order valence-electron chi connectivity index (χ2n) is 6.34. The molecule has 0 aliphatic carbocycles. The molecule has 0 aliphatic rings. The number of amides is 2. The van der Waals surface area contributed by atoms with Crippen molar-refractivity contribution < 1.29 is 14.3 Å². The van der Waals surface area contributed by atoms with Gasteiger partial charge < -0.3 is 20.1 Å². The van der Waals surface area contributed by atoms with Crippen molar-refractivity contribution in [3.63, 3.8) is 0 Å². The molecule has 2 aromatic rings. The Morgan fingerprint density at radius 1 is 0.885 bits per heavy atom. The first-order valence-electron chi connectivity index (χ1n) is 9.06. The van der Waals surface area contributed by atoms with Crippen LogP contribution in [-0.4, -0.2) is 18.7 Å². The number of urea groups is 1. The van der Waals surface area contributed by atoms with Crippen molar-refractivity contribution in [1.82, 2.24) is 10.6 Å². The minimum atomic E-state index is -0.196. The van der Waals surface area contributed by atoms with Crippen molar-refractivity contribution in [2.75, 3.05) is 6.61 Å². The van der Waals surface area contributed by atoms with Gasteiger partial charge in [0.1, 0.15) is 11.5 Å². The van der Waals surface area contributed by atoms with Gasteiger partial charge in [0.05, 0.1) is 12.7 Å². The highest BCUT2D eigenvalue weighted by Gasteiger charge is 2.03. The fourth-order valence-corrected chi connectivity index (χ4v) is 2.31. The van der Waals surface area contributed by atoms with Gasteiger partial charge in [0.2, 0.25) is 0 Å². The Hall–Kier alpha value is -2.69. The maximum atomic E-state index is 11.9. The van der Waals surface area contributed by atoms with Gasteiger partial charge in [0.15, 0.2) is 0 Å². The quantitative estimate of drug-likeness (QED) is 0.706. The van der Waals surface area contributed by atoms with Gasteiger partial charge in [-0.25, -0.2) is 4.79 Å². The van der Waals surface area contributed by atoms with Crippen LogP contribution in [0.4, 0.5) is 4.79 Å². The monoisotopic (exact) mass is 356 g/mol. The van der Waals surface area contributed by atoms with Gasteiger partial charge in [-0.05, 0) is 55.7 Å². The number of benzene rings is 2. The molecule has 0 unspecified atom stereocenters. The summed E-state index contributed by atoms with van der Waals surface area (Å²) in [4.78, 5) is 11.9. The van der Waals surface area contributed by atoms with Crippen LogP contribution in [0.2, 0.25) is 0 Å². The highest BCUT2D eigenvalue weighted by atomic mass is 16.5. The van der Waals surface area contributed by atoms with Crippen LogP contribution in [0.1, 0.15) is 38.3 Å². The van der Waals surface area contributed by atoms with E-state index in [4.69, 9.17) is 9.47 Å². The van der Waals surface area contributed by atoms with Crippen molar-refractivity contribution >= 4 is 6.03 Å². The number of rotatable bonds is 9. The molecular formula is C21H28N2O3. The molecule has 0 bridgehead atoms. The Balaban J connectivity index is 1.71. The third kappa shape index (κ3) is 7.05. The van der Waals surface area contributed by atoms with Gasteiger partial charge in [-0.2, -0.15) is 0 Å². The molecule has 0 atom stereocenters. The standard InChI is InChI=1S/C21H28N2O3/c1-4-13-25-19-9-5-17(6-10-19)14-22-21(24)23-15-18-7-11-20(12-8-18)26-16(2)3/h5-12,16H,4,13-15H2,1-3H3,(H2,22,23,24). The summed E-state index contributed by atoms with van der Waals surface area (Å²) >= 11 is 0. The molecule has 0 spiro atoms. The number of hydrogen-bond acceptors (Lipinski definition) is 3. The van der Waals surface area contributed by atoms with E-state index in [0.29, 0.717) is 19.7 Å². The highest BCUT2D eigenvalue weighted by molar-refractivity contribution is 5.73. The van der Waals surface area contributed by atoms with E-state index in [9.17, 15) is 4.79 Å². The van der Waals surface area contributed by atoms with Crippen LogP contribution < -0.4 is 20.1 Å². The lowest BCUT2D eigenvalue weighted by molar-refractivity contribution is 0.240. The Labute approximate surface area is 155 Å². The second kappa shape index (κ2) is 10.3. The van der Waals surface area contributed by atoms with Crippen LogP contribution >= 0.6 is 0 Å². The minimum absolute atomic E-state index is 0.150. The summed E-state index contributed by atoms with van der Waals surface area (Å²) in [6.07, 6.45) is 1.13. The topological polar surface area (TPSA) is 59.6 Å². The van der Waals surface area contributed by atoms with Gasteiger partial charge in [-0.3, -0.25) is 0 Å². The molecule has 0 radical (unpaired) electrons. The number of carbonyl (C=O) groups excluding carboxylic acids is 1. The summed E-state index contributed by atoms with van der Waals surface area (Å²) in [7, 11) is 0. The zero-order chi connectivity index (χ0) is 18.8. The molecule has 5 nitrogen and oxygen atoms in total. The normalized spacial score (nSPS) is 10.5. The van der Waals surface area contributed by atoms with E-state index < -0.39 is 0 Å². The Morgan fingerprint density at radius 2 is 1.38 bits per heavy atom. The van der Waals surface area contributed by atoms with Gasteiger partial charge in [-0.15, -0.1) is 0 Å². The fourth-order valence-electron chi connectivity index (χ4n) is 2.31. The minimum Gasteiger partial charge on any atom is -0.494 e. The molecule has 2 rings (SSSR count). The van der Waals surface area contributed by atoms with Crippen LogP contribution in [0, 0.1) is 0 Å². The van der Waals surface area contributed by atoms with Gasteiger partial charge in [-0.1, -0.05) is 31.2 Å². The molecule has 5 heteroatoms. The second-order valence-corrected chi connectivity index (χ2v) is 6.34. The van der Waals surface area contributed by atoms with Crippen LogP contribution in [-0.2, 0) is 13.1 Å². The average molecular weight is 356 g/mol. The fraction of sp³-hybridized carbons (Fsp3) is 0.381. The van der Waals surface area contributed by atoms with Crippen LogP contribution in [0.25, 0.3) is 0 Å². The predicted octanol–water partition coefficient (Wildman–Crippen LogP) is 4.26. The van der Waals surface area contributed by atoms with E-state index in [-0.39, 0.29) is 12.1 Å². The van der Waals surface area contributed by atoms with Crippen LogP contribution in [0.5, 0.6) is 11.5 Å². The molecule has 0 saturated carbocycles. The number of ether oxygens (including phenoxy) is 2. The molecule has 26 heavy (non-hydrogen) atoms. The smallest absolute Gasteiger partial charge is 0.315 e. The molecule has 2 aromatic carbocycles. The molecule has 0 saturated heterocycles. The molecule has 2 amide bonds. The Morgan fingerprint density at radius 3 is 1.85 bits per heavy atom. The maximum absolute atomic E-state index is 11.9. The number of hydrogen-bond donors (Lipinski definition) is 2. The molecule has 0 aliphatic heterocycles. The third-order valence-electron chi connectivity index (χ3n) is 3.60. The lowest BCUT2D eigenvalue weighted by Crippen LogP contribution is -2.34. The van der Waals surface area contributed by atoms with E-state index in [1.165, 1.54) is 0 Å². The first kappa shape index (κ1) is 19.6. The van der Waals surface area contributed by atoms with Gasteiger partial charge >= 0.3 is 6.03 Å². The van der Waals surface area contributed by atoms with E-state index in [1.54, 1.807) is 0 Å². The van der Waals surface area contributed by atoms with E-state index >= 15 is 0 Å². The molecule has 2 N–H and O–H groups in total. The van der Waals surface area contributed by atoms with Crippen molar-refractivity contribution in [3.8, 4) is 11.5 Å². The lowest BCUT2D eigenvalue weighted by Gasteiger charge is -2.11. The summed E-state index contributed by atoms with van der Waals surface area (Å²) in [5, 5.41) is 5.71. The first-order valence-corrected chi connectivity index (χ1v) is 9.06. The Kier molecular flexibility index (Phi) is 7.80. The molecule has 140 valence electrons. The largest absolute Gasteiger partial charge is 0.494 e. The zero-order valence-electron chi connectivity index (χ0n) is 15.7. The van der Waals surface area contributed by atoms with E-state index in [2.05, 4.69) is 17.6 Å². The van der Waals surface area contributed by atoms with Crippen LogP contribution in [0.3, 0.4) is 0 Å². The first-order chi connectivity index (χ1) is 12.6. The summed E-state index contributed by atoms with van der Waals surface area (Å²) < 4.78 is 11.1. The highest BCUT2D eigenvalue weighted by Crippen LogP contribution is 2.14. The van der Waals surface area contributed by atoms with Crippen molar-refractivity contribution in [2.24, 2.45) is 0 Å². The molecule has 0 fully saturated rings. The summed E-state index contributed by atoms with van der Waals surface area (Å²) in [6, 6.07) is 15.3. The van der Waals surface area contributed by atoms with Gasteiger partial charge in [0, 0.05) is 13.1 Å². The number of nitrogens with one attached hydrogen (secondary N) is 2. The molecule has 0 heterocycles. The average Bonchev–Trinajstić information content (AvgIpc) is 2.64. The van der Waals surface area contributed by atoms with Crippen molar-refractivity contribution in [2.45, 2.75) is 46.4 Å². The summed E-state index contributed by atoms with van der Waals surface area (Å²) in [5.41, 5.74) is 2.05. The Bertz CT molecular complexity index is 667. The SMILES string of the molecule is CCCOc1ccc(CNC(=O)NCc2ccc(OC(C)C)cc2)cc1. The summed E-state index contributed by atoms with van der Waals surface area (Å²) in [6.45, 7) is 7.71. The van der Waals surface area contributed by atoms with Crippen molar-refractivity contribution in [3.05, 3.63) is 59.7 Å².